The van der Waals surface area contributed by atoms with Crippen LogP contribution in [-0.2, 0) is 24.0 Å². The first-order chi connectivity index (χ1) is 13.2. The van der Waals surface area contributed by atoms with Crippen molar-refractivity contribution in [1.82, 2.24) is 5.32 Å². The molecule has 0 aliphatic heterocycles. The van der Waals surface area contributed by atoms with Crippen molar-refractivity contribution < 1.29 is 9.53 Å². The van der Waals surface area contributed by atoms with Crippen LogP contribution in [0.3, 0.4) is 0 Å². The Morgan fingerprint density at radius 2 is 1.96 bits per heavy atom. The average Bonchev–Trinajstić information content (AvgIpc) is 2.83. The molecule has 1 aliphatic rings. The minimum absolute atomic E-state index is 0.244. The van der Waals surface area contributed by atoms with Crippen LogP contribution in [0.5, 0.6) is 0 Å². The van der Waals surface area contributed by atoms with Crippen LogP contribution in [-0.4, -0.2) is 24.2 Å². The van der Waals surface area contributed by atoms with Crippen LogP contribution in [0.1, 0.15) is 52.5 Å². The highest BCUT2D eigenvalue weighted by Gasteiger charge is 2.26. The van der Waals surface area contributed by atoms with E-state index < -0.39 is 0 Å². The molecule has 0 amide bonds. The number of hydrogen-bond donors (Lipinski definition) is 2. The Bertz CT molecular complexity index is 787. The maximum absolute atomic E-state index is 12.6. The van der Waals surface area contributed by atoms with Gasteiger partial charge in [-0.2, -0.15) is 0 Å². The minimum Gasteiger partial charge on any atom is -0.462 e. The van der Waals surface area contributed by atoms with Crippen LogP contribution >= 0.6 is 23.6 Å². The summed E-state index contributed by atoms with van der Waals surface area (Å²) in [7, 11) is 0. The molecule has 2 aromatic rings. The quantitative estimate of drug-likeness (QED) is 0.416. The maximum atomic E-state index is 12.6. The van der Waals surface area contributed by atoms with E-state index in [1.807, 2.05) is 25.1 Å². The first-order valence-corrected chi connectivity index (χ1v) is 10.8. The van der Waals surface area contributed by atoms with E-state index in [9.17, 15) is 4.79 Å². The van der Waals surface area contributed by atoms with Crippen molar-refractivity contribution in [3.8, 4) is 0 Å². The summed E-state index contributed by atoms with van der Waals surface area (Å²) in [5, 5.41) is 7.86. The van der Waals surface area contributed by atoms with Gasteiger partial charge in [0.25, 0.3) is 0 Å². The van der Waals surface area contributed by atoms with Crippen molar-refractivity contribution >= 4 is 39.6 Å². The number of hydrogen-bond acceptors (Lipinski definition) is 4. The number of anilines is 1. The second-order valence-corrected chi connectivity index (χ2v) is 8.12. The van der Waals surface area contributed by atoms with Gasteiger partial charge in [0.15, 0.2) is 5.11 Å². The Morgan fingerprint density at radius 3 is 2.74 bits per heavy atom. The summed E-state index contributed by atoms with van der Waals surface area (Å²) in [5.41, 5.74) is 3.11. The highest BCUT2D eigenvalue weighted by Crippen LogP contribution is 2.38. The van der Waals surface area contributed by atoms with Gasteiger partial charge in [-0.15, -0.1) is 11.3 Å². The van der Waals surface area contributed by atoms with Crippen molar-refractivity contribution in [1.29, 1.82) is 0 Å². The standard InChI is InChI=1S/C21H26N2O2S2/c1-2-25-20(24)18-16-11-7-4-8-12-17(16)27-19(18)23-21(26)22-14-13-15-9-5-3-6-10-15/h3,5-6,9-10H,2,4,7-8,11-14H2,1H3,(H2,22,23,26). The number of benzene rings is 1. The van der Waals surface area contributed by atoms with Gasteiger partial charge in [0.1, 0.15) is 5.00 Å². The van der Waals surface area contributed by atoms with E-state index in [0.29, 0.717) is 17.3 Å². The Kier molecular flexibility index (Phi) is 7.24. The molecule has 0 saturated heterocycles. The first-order valence-electron chi connectivity index (χ1n) is 9.59. The molecule has 1 aromatic carbocycles. The number of aryl methyl sites for hydroxylation is 1. The van der Waals surface area contributed by atoms with E-state index >= 15 is 0 Å². The maximum Gasteiger partial charge on any atom is 0.341 e. The summed E-state index contributed by atoms with van der Waals surface area (Å²) in [5.74, 6) is -0.244. The van der Waals surface area contributed by atoms with Gasteiger partial charge in [-0.3, -0.25) is 0 Å². The number of rotatable bonds is 6. The van der Waals surface area contributed by atoms with Gasteiger partial charge >= 0.3 is 5.97 Å². The molecule has 2 N–H and O–H groups in total. The lowest BCUT2D eigenvalue weighted by atomic mass is 10.1. The SMILES string of the molecule is CCOC(=O)c1c(NC(=S)NCCc2ccccc2)sc2c1CCCCC2. The molecule has 1 aliphatic carbocycles. The first kappa shape index (κ1) is 19.8. The molecule has 0 unspecified atom stereocenters. The molecule has 1 heterocycles. The Morgan fingerprint density at radius 1 is 1.19 bits per heavy atom. The number of thiocarbonyl (C=S) groups is 1. The normalized spacial score (nSPS) is 13.4. The second-order valence-electron chi connectivity index (χ2n) is 6.61. The van der Waals surface area contributed by atoms with Crippen molar-refractivity contribution in [3.63, 3.8) is 0 Å². The Hall–Kier alpha value is -1.92. The number of carbonyl (C=O) groups is 1. The number of ether oxygens (including phenoxy) is 1. The van der Waals surface area contributed by atoms with Crippen LogP contribution in [0, 0.1) is 0 Å². The molecule has 0 spiro atoms. The van der Waals surface area contributed by atoms with Crippen molar-refractivity contribution in [2.45, 2.75) is 45.4 Å². The van der Waals surface area contributed by atoms with Crippen LogP contribution in [0.25, 0.3) is 0 Å². The molecule has 6 heteroatoms. The number of thiophene rings is 1. The van der Waals surface area contributed by atoms with Gasteiger partial charge in [-0.05, 0) is 62.4 Å². The van der Waals surface area contributed by atoms with Crippen molar-refractivity contribution in [2.75, 3.05) is 18.5 Å². The van der Waals surface area contributed by atoms with Gasteiger partial charge in [-0.1, -0.05) is 36.8 Å². The summed E-state index contributed by atoms with van der Waals surface area (Å²) in [6, 6.07) is 10.3. The number of esters is 1. The molecule has 1 aromatic heterocycles. The molecule has 0 fully saturated rings. The van der Waals surface area contributed by atoms with E-state index in [1.165, 1.54) is 23.3 Å². The van der Waals surface area contributed by atoms with E-state index in [2.05, 4.69) is 22.8 Å². The summed E-state index contributed by atoms with van der Waals surface area (Å²) >= 11 is 7.11. The summed E-state index contributed by atoms with van der Waals surface area (Å²) in [4.78, 5) is 13.9. The third kappa shape index (κ3) is 5.30. The molecule has 0 bridgehead atoms. The zero-order chi connectivity index (χ0) is 19.1. The third-order valence-corrected chi connectivity index (χ3v) is 6.12. The van der Waals surface area contributed by atoms with Gasteiger partial charge in [-0.25, -0.2) is 4.79 Å². The fourth-order valence-electron chi connectivity index (χ4n) is 3.36. The second kappa shape index (κ2) is 9.85. The summed E-state index contributed by atoms with van der Waals surface area (Å²) in [6.07, 6.45) is 6.38. The number of fused-ring (bicyclic) bond motifs is 1. The fourth-order valence-corrected chi connectivity index (χ4v) is 4.91. The minimum atomic E-state index is -0.244. The zero-order valence-electron chi connectivity index (χ0n) is 15.7. The Labute approximate surface area is 170 Å². The van der Waals surface area contributed by atoms with Crippen LogP contribution in [0.4, 0.5) is 5.00 Å². The van der Waals surface area contributed by atoms with Crippen molar-refractivity contribution in [3.05, 3.63) is 51.9 Å². The van der Waals surface area contributed by atoms with Gasteiger partial charge in [0.05, 0.1) is 12.2 Å². The topological polar surface area (TPSA) is 50.4 Å². The van der Waals surface area contributed by atoms with Crippen LogP contribution in [0.2, 0.25) is 0 Å². The van der Waals surface area contributed by atoms with Crippen molar-refractivity contribution in [2.24, 2.45) is 0 Å². The van der Waals surface area contributed by atoms with Crippen LogP contribution < -0.4 is 10.6 Å². The predicted octanol–water partition coefficient (Wildman–Crippen LogP) is 4.72. The molecule has 3 rings (SSSR count). The van der Waals surface area contributed by atoms with Gasteiger partial charge in [0, 0.05) is 11.4 Å². The van der Waals surface area contributed by atoms with Crippen LogP contribution in [0.15, 0.2) is 30.3 Å². The molecule has 0 atom stereocenters. The van der Waals surface area contributed by atoms with Gasteiger partial charge in [0.2, 0.25) is 0 Å². The van der Waals surface area contributed by atoms with Gasteiger partial charge < -0.3 is 15.4 Å². The van der Waals surface area contributed by atoms with E-state index in [0.717, 1.165) is 42.8 Å². The predicted molar refractivity (Wildman–Crippen MR) is 116 cm³/mol. The lowest BCUT2D eigenvalue weighted by molar-refractivity contribution is 0.0527. The molecular formula is C21H26N2O2S2. The number of carbonyl (C=O) groups excluding carboxylic acids is 1. The molecule has 4 nitrogen and oxygen atoms in total. The molecule has 144 valence electrons. The van der Waals surface area contributed by atoms with E-state index in [1.54, 1.807) is 11.3 Å². The molecule has 0 saturated carbocycles. The monoisotopic (exact) mass is 402 g/mol. The smallest absolute Gasteiger partial charge is 0.341 e. The fraction of sp³-hybridized carbons (Fsp3) is 0.429. The average molecular weight is 403 g/mol. The Balaban J connectivity index is 1.67. The largest absolute Gasteiger partial charge is 0.462 e. The highest BCUT2D eigenvalue weighted by atomic mass is 32.1. The van der Waals surface area contributed by atoms with E-state index in [-0.39, 0.29) is 5.97 Å². The summed E-state index contributed by atoms with van der Waals surface area (Å²) in [6.45, 7) is 2.96. The number of nitrogens with one attached hydrogen (secondary N) is 2. The molecule has 27 heavy (non-hydrogen) atoms. The lowest BCUT2D eigenvalue weighted by Gasteiger charge is -2.11. The third-order valence-electron chi connectivity index (χ3n) is 4.67. The summed E-state index contributed by atoms with van der Waals surface area (Å²) < 4.78 is 5.32. The molecular weight excluding hydrogens is 376 g/mol. The zero-order valence-corrected chi connectivity index (χ0v) is 17.3. The lowest BCUT2D eigenvalue weighted by Crippen LogP contribution is -2.30. The van der Waals surface area contributed by atoms with E-state index in [4.69, 9.17) is 17.0 Å². The molecule has 0 radical (unpaired) electrons. The highest BCUT2D eigenvalue weighted by molar-refractivity contribution is 7.80.